The lowest BCUT2D eigenvalue weighted by molar-refractivity contribution is -0.142. The van der Waals surface area contributed by atoms with E-state index in [0.29, 0.717) is 6.61 Å². The van der Waals surface area contributed by atoms with E-state index in [9.17, 15) is 4.79 Å². The van der Waals surface area contributed by atoms with Gasteiger partial charge in [-0.05, 0) is 26.3 Å². The van der Waals surface area contributed by atoms with Crippen molar-refractivity contribution in [3.8, 4) is 0 Å². The molecule has 0 bridgehead atoms. The summed E-state index contributed by atoms with van der Waals surface area (Å²) in [5.74, 6) is 0.659. The van der Waals surface area contributed by atoms with Crippen molar-refractivity contribution in [3.63, 3.8) is 0 Å². The highest BCUT2D eigenvalue weighted by Crippen LogP contribution is 2.30. The number of carbonyl (C=O) groups is 1. The Hall–Kier alpha value is -1.81. The fourth-order valence-corrected chi connectivity index (χ4v) is 2.37. The zero-order valence-electron chi connectivity index (χ0n) is 12.2. The predicted octanol–water partition coefficient (Wildman–Crippen LogP) is 3.21. The number of rotatable bonds is 6. The van der Waals surface area contributed by atoms with Crippen LogP contribution in [-0.2, 0) is 16.0 Å². The Kier molecular flexibility index (Phi) is 4.79. The van der Waals surface area contributed by atoms with Gasteiger partial charge >= 0.3 is 5.97 Å². The lowest BCUT2D eigenvalue weighted by Crippen LogP contribution is -2.27. The first-order chi connectivity index (χ1) is 9.67. The number of benzene rings is 1. The van der Waals surface area contributed by atoms with E-state index in [4.69, 9.17) is 9.15 Å². The number of furan rings is 1. The van der Waals surface area contributed by atoms with Crippen LogP contribution < -0.4 is 5.32 Å². The minimum atomic E-state index is -0.242. The molecule has 0 saturated carbocycles. The Balaban J connectivity index is 2.17. The molecule has 0 saturated heterocycles. The molecule has 0 fully saturated rings. The fourth-order valence-electron chi connectivity index (χ4n) is 2.37. The quantitative estimate of drug-likeness (QED) is 0.822. The molecule has 1 unspecified atom stereocenters. The molecular formula is C16H21NO3. The van der Waals surface area contributed by atoms with Gasteiger partial charge in [-0.1, -0.05) is 25.1 Å². The van der Waals surface area contributed by atoms with Crippen molar-refractivity contribution >= 4 is 16.9 Å². The summed E-state index contributed by atoms with van der Waals surface area (Å²) in [5.41, 5.74) is 2.09. The number of esters is 1. The summed E-state index contributed by atoms with van der Waals surface area (Å²) in [4.78, 5) is 11.4. The summed E-state index contributed by atoms with van der Waals surface area (Å²) in [7, 11) is 0. The Morgan fingerprint density at radius 3 is 2.80 bits per heavy atom. The maximum Gasteiger partial charge on any atom is 0.319 e. The number of carbonyl (C=O) groups excluding carboxylic acids is 1. The number of nitrogens with one attached hydrogen (secondary N) is 1. The zero-order valence-corrected chi connectivity index (χ0v) is 12.2. The van der Waals surface area contributed by atoms with E-state index in [-0.39, 0.29) is 18.6 Å². The van der Waals surface area contributed by atoms with Crippen molar-refractivity contribution in [2.24, 2.45) is 0 Å². The number of hydrogen-bond acceptors (Lipinski definition) is 4. The molecule has 1 heterocycles. The van der Waals surface area contributed by atoms with Gasteiger partial charge in [-0.2, -0.15) is 0 Å². The molecule has 1 aromatic heterocycles. The van der Waals surface area contributed by atoms with Gasteiger partial charge in [0, 0.05) is 10.9 Å². The van der Waals surface area contributed by atoms with Crippen LogP contribution in [0.15, 0.2) is 28.7 Å². The van der Waals surface area contributed by atoms with Crippen LogP contribution >= 0.6 is 0 Å². The minimum absolute atomic E-state index is 0.0262. The summed E-state index contributed by atoms with van der Waals surface area (Å²) >= 11 is 0. The maximum absolute atomic E-state index is 11.4. The van der Waals surface area contributed by atoms with Crippen molar-refractivity contribution in [3.05, 3.63) is 35.6 Å². The van der Waals surface area contributed by atoms with Gasteiger partial charge in [0.2, 0.25) is 0 Å². The molecule has 4 nitrogen and oxygen atoms in total. The van der Waals surface area contributed by atoms with Gasteiger partial charge in [0.1, 0.15) is 11.3 Å². The smallest absolute Gasteiger partial charge is 0.319 e. The molecule has 0 radical (unpaired) electrons. The van der Waals surface area contributed by atoms with E-state index in [1.807, 2.05) is 25.1 Å². The minimum Gasteiger partial charge on any atom is -0.465 e. The van der Waals surface area contributed by atoms with Gasteiger partial charge in [0.15, 0.2) is 0 Å². The average Bonchev–Trinajstić information content (AvgIpc) is 2.83. The molecule has 0 aliphatic carbocycles. The van der Waals surface area contributed by atoms with Crippen molar-refractivity contribution < 1.29 is 13.9 Å². The molecule has 1 N–H and O–H groups in total. The second-order valence-electron chi connectivity index (χ2n) is 4.70. The standard InChI is InChI=1S/C16H21NO3/c1-4-12-13-8-6-7-9-14(13)20-16(12)11(3)17-10-15(18)19-5-2/h6-9,11,17H,4-5,10H2,1-3H3. The largest absolute Gasteiger partial charge is 0.465 e. The normalized spacial score (nSPS) is 12.6. The molecule has 0 aliphatic rings. The molecule has 108 valence electrons. The maximum atomic E-state index is 11.4. The van der Waals surface area contributed by atoms with Crippen LogP contribution in [-0.4, -0.2) is 19.1 Å². The molecule has 4 heteroatoms. The number of fused-ring (bicyclic) bond motifs is 1. The second kappa shape index (κ2) is 6.57. The first-order valence-electron chi connectivity index (χ1n) is 7.06. The average molecular weight is 275 g/mol. The third-order valence-electron chi connectivity index (χ3n) is 3.33. The van der Waals surface area contributed by atoms with Crippen LogP contribution in [0.5, 0.6) is 0 Å². The van der Waals surface area contributed by atoms with Crippen molar-refractivity contribution in [1.82, 2.24) is 5.32 Å². The van der Waals surface area contributed by atoms with Crippen molar-refractivity contribution in [2.75, 3.05) is 13.2 Å². The Morgan fingerprint density at radius 1 is 1.35 bits per heavy atom. The van der Waals surface area contributed by atoms with Gasteiger partial charge in [-0.25, -0.2) is 0 Å². The summed E-state index contributed by atoms with van der Waals surface area (Å²) in [6, 6.07) is 7.99. The van der Waals surface area contributed by atoms with Crippen LogP contribution in [0.25, 0.3) is 11.0 Å². The lowest BCUT2D eigenvalue weighted by Gasteiger charge is -2.12. The zero-order chi connectivity index (χ0) is 14.5. The summed E-state index contributed by atoms with van der Waals surface area (Å²) in [6.45, 7) is 6.50. The third-order valence-corrected chi connectivity index (χ3v) is 3.33. The monoisotopic (exact) mass is 275 g/mol. The third kappa shape index (κ3) is 3.02. The predicted molar refractivity (Wildman–Crippen MR) is 78.6 cm³/mol. The molecule has 2 rings (SSSR count). The lowest BCUT2D eigenvalue weighted by atomic mass is 10.1. The molecule has 0 aliphatic heterocycles. The highest BCUT2D eigenvalue weighted by molar-refractivity contribution is 5.82. The van der Waals surface area contributed by atoms with E-state index in [1.54, 1.807) is 6.92 Å². The van der Waals surface area contributed by atoms with E-state index in [2.05, 4.69) is 18.3 Å². The summed E-state index contributed by atoms with van der Waals surface area (Å²) in [5, 5.41) is 4.30. The van der Waals surface area contributed by atoms with E-state index < -0.39 is 0 Å². The van der Waals surface area contributed by atoms with Crippen molar-refractivity contribution in [2.45, 2.75) is 33.2 Å². The van der Waals surface area contributed by atoms with Gasteiger partial charge in [-0.3, -0.25) is 10.1 Å². The molecule has 20 heavy (non-hydrogen) atoms. The molecular weight excluding hydrogens is 254 g/mol. The Bertz CT molecular complexity index is 588. The van der Waals surface area contributed by atoms with Crippen LogP contribution in [0.4, 0.5) is 0 Å². The second-order valence-corrected chi connectivity index (χ2v) is 4.70. The van der Waals surface area contributed by atoms with Gasteiger partial charge in [0.25, 0.3) is 0 Å². The SMILES string of the molecule is CCOC(=O)CNC(C)c1oc2ccccc2c1CC. The van der Waals surface area contributed by atoms with Crippen molar-refractivity contribution in [1.29, 1.82) is 0 Å². The van der Waals surface area contributed by atoms with Gasteiger partial charge in [0.05, 0.1) is 19.2 Å². The van der Waals surface area contributed by atoms with Gasteiger partial charge < -0.3 is 9.15 Å². The van der Waals surface area contributed by atoms with Crippen LogP contribution in [0.2, 0.25) is 0 Å². The van der Waals surface area contributed by atoms with Gasteiger partial charge in [-0.15, -0.1) is 0 Å². The number of aryl methyl sites for hydroxylation is 1. The van der Waals surface area contributed by atoms with Crippen LogP contribution in [0, 0.1) is 0 Å². The highest BCUT2D eigenvalue weighted by Gasteiger charge is 2.18. The molecule has 1 atom stereocenters. The topological polar surface area (TPSA) is 51.5 Å². The summed E-state index contributed by atoms with van der Waals surface area (Å²) in [6.07, 6.45) is 0.901. The molecule has 2 aromatic rings. The molecule has 0 spiro atoms. The molecule has 0 amide bonds. The first-order valence-corrected chi connectivity index (χ1v) is 7.06. The number of ether oxygens (including phenoxy) is 1. The molecule has 1 aromatic carbocycles. The first kappa shape index (κ1) is 14.6. The number of para-hydroxylation sites is 1. The summed E-state index contributed by atoms with van der Waals surface area (Å²) < 4.78 is 10.8. The number of hydrogen-bond donors (Lipinski definition) is 1. The van der Waals surface area contributed by atoms with E-state index >= 15 is 0 Å². The highest BCUT2D eigenvalue weighted by atomic mass is 16.5. The van der Waals surface area contributed by atoms with E-state index in [0.717, 1.165) is 23.2 Å². The fraction of sp³-hybridized carbons (Fsp3) is 0.438. The van der Waals surface area contributed by atoms with Crippen LogP contribution in [0.3, 0.4) is 0 Å². The van der Waals surface area contributed by atoms with Crippen LogP contribution in [0.1, 0.15) is 38.1 Å². The Morgan fingerprint density at radius 2 is 2.10 bits per heavy atom. The van der Waals surface area contributed by atoms with E-state index in [1.165, 1.54) is 5.56 Å². The Labute approximate surface area is 119 Å².